The van der Waals surface area contributed by atoms with E-state index in [-0.39, 0.29) is 12.8 Å². The van der Waals surface area contributed by atoms with Crippen molar-refractivity contribution < 1.29 is 19.5 Å². The first-order valence-corrected chi connectivity index (χ1v) is 9.64. The number of hydrogen-bond acceptors (Lipinski definition) is 7. The number of carboxylic acids is 1. The highest BCUT2D eigenvalue weighted by Gasteiger charge is 2.28. The summed E-state index contributed by atoms with van der Waals surface area (Å²) in [5.41, 5.74) is 12.5. The van der Waals surface area contributed by atoms with Gasteiger partial charge in [-0.1, -0.05) is 6.42 Å². The molecule has 0 aliphatic rings. The number of aromatic nitrogens is 4. The van der Waals surface area contributed by atoms with Crippen molar-refractivity contribution >= 4 is 17.8 Å². The van der Waals surface area contributed by atoms with Crippen LogP contribution >= 0.6 is 0 Å². The molecule has 2 heterocycles. The number of carbonyl (C=O) groups is 3. The summed E-state index contributed by atoms with van der Waals surface area (Å²) in [5.74, 6) is -2.34. The number of H-pyrrole nitrogens is 2. The lowest BCUT2D eigenvalue weighted by atomic mass is 10.1. The summed E-state index contributed by atoms with van der Waals surface area (Å²) < 4.78 is 0. The van der Waals surface area contributed by atoms with Gasteiger partial charge in [0.2, 0.25) is 11.8 Å². The van der Waals surface area contributed by atoms with Gasteiger partial charge in [0.1, 0.15) is 12.1 Å². The van der Waals surface area contributed by atoms with Crippen LogP contribution < -0.4 is 22.1 Å². The molecular weight excluding hydrogens is 392 g/mol. The number of hydrogen-bond donors (Lipinski definition) is 7. The highest BCUT2D eigenvalue weighted by Crippen LogP contribution is 2.05. The standard InChI is InChI=1S/C18H28N8O4/c19-4-2-1-3-13(20)16(27)25-14(5-11-7-21-9-23-11)17(28)26-15(18(29)30)6-12-8-22-10-24-12/h7-10,13-15H,1-6,19-20H2,(H,21,23)(H,22,24)(H,25,27)(H,26,28)(H,29,30)/t13-,14-,15-/m0/s1. The lowest BCUT2D eigenvalue weighted by molar-refractivity contribution is -0.142. The van der Waals surface area contributed by atoms with Crippen LogP contribution in [0.5, 0.6) is 0 Å². The Morgan fingerprint density at radius 2 is 1.53 bits per heavy atom. The van der Waals surface area contributed by atoms with Gasteiger partial charge in [0.25, 0.3) is 0 Å². The van der Waals surface area contributed by atoms with Crippen LogP contribution in [0.4, 0.5) is 0 Å². The van der Waals surface area contributed by atoms with Gasteiger partial charge in [-0.3, -0.25) is 9.59 Å². The van der Waals surface area contributed by atoms with E-state index >= 15 is 0 Å². The summed E-state index contributed by atoms with van der Waals surface area (Å²) >= 11 is 0. The molecule has 0 saturated carbocycles. The van der Waals surface area contributed by atoms with Gasteiger partial charge < -0.3 is 37.2 Å². The van der Waals surface area contributed by atoms with Crippen molar-refractivity contribution in [3.05, 3.63) is 36.4 Å². The quantitative estimate of drug-likeness (QED) is 0.188. The summed E-state index contributed by atoms with van der Waals surface area (Å²) in [6.07, 6.45) is 7.85. The molecule has 2 rings (SSSR count). The van der Waals surface area contributed by atoms with E-state index < -0.39 is 35.9 Å². The molecule has 0 aliphatic carbocycles. The molecule has 2 amide bonds. The van der Waals surface area contributed by atoms with Crippen LogP contribution in [-0.4, -0.2) is 67.5 Å². The number of carbonyl (C=O) groups excluding carboxylic acids is 2. The lowest BCUT2D eigenvalue weighted by Crippen LogP contribution is -2.55. The lowest BCUT2D eigenvalue weighted by Gasteiger charge is -2.22. The molecule has 30 heavy (non-hydrogen) atoms. The highest BCUT2D eigenvalue weighted by molar-refractivity contribution is 5.92. The average Bonchev–Trinajstić information content (AvgIpc) is 3.40. The molecule has 0 fully saturated rings. The van der Waals surface area contributed by atoms with E-state index in [4.69, 9.17) is 11.5 Å². The second kappa shape index (κ2) is 11.7. The van der Waals surface area contributed by atoms with Crippen LogP contribution in [0.2, 0.25) is 0 Å². The first kappa shape index (κ1) is 23.0. The zero-order chi connectivity index (χ0) is 21.9. The molecule has 0 aromatic carbocycles. The molecule has 0 unspecified atom stereocenters. The predicted molar refractivity (Wildman–Crippen MR) is 107 cm³/mol. The van der Waals surface area contributed by atoms with E-state index in [1.807, 2.05) is 0 Å². The van der Waals surface area contributed by atoms with Gasteiger partial charge in [0.15, 0.2) is 0 Å². The number of carboxylic acid groups (broad SMARTS) is 1. The van der Waals surface area contributed by atoms with Crippen LogP contribution in [0.1, 0.15) is 30.7 Å². The maximum absolute atomic E-state index is 12.8. The normalized spacial score (nSPS) is 13.9. The molecule has 9 N–H and O–H groups in total. The molecule has 0 aliphatic heterocycles. The largest absolute Gasteiger partial charge is 0.480 e. The molecule has 12 heteroatoms. The van der Waals surface area contributed by atoms with Gasteiger partial charge >= 0.3 is 5.97 Å². The summed E-state index contributed by atoms with van der Waals surface area (Å²) in [6, 6.07) is -3.02. The van der Waals surface area contributed by atoms with Gasteiger partial charge in [0, 0.05) is 36.6 Å². The Kier molecular flexibility index (Phi) is 8.97. The van der Waals surface area contributed by atoms with Crippen LogP contribution in [0, 0.1) is 0 Å². The Balaban J connectivity index is 2.05. The Morgan fingerprint density at radius 1 is 0.967 bits per heavy atom. The van der Waals surface area contributed by atoms with Crippen molar-refractivity contribution in [2.24, 2.45) is 11.5 Å². The molecule has 2 aromatic rings. The van der Waals surface area contributed by atoms with Crippen molar-refractivity contribution in [1.29, 1.82) is 0 Å². The van der Waals surface area contributed by atoms with Crippen LogP contribution in [-0.2, 0) is 27.2 Å². The third kappa shape index (κ3) is 7.29. The Morgan fingerprint density at radius 3 is 2.03 bits per heavy atom. The fourth-order valence-electron chi connectivity index (χ4n) is 2.83. The fourth-order valence-corrected chi connectivity index (χ4v) is 2.83. The molecular formula is C18H28N8O4. The number of imidazole rings is 2. The van der Waals surface area contributed by atoms with Crippen LogP contribution in [0.15, 0.2) is 25.0 Å². The molecule has 12 nitrogen and oxygen atoms in total. The Hall–Kier alpha value is -3.25. The third-order valence-corrected chi connectivity index (χ3v) is 4.51. The van der Waals surface area contributed by atoms with Crippen molar-refractivity contribution in [3.8, 4) is 0 Å². The number of aromatic amines is 2. The smallest absolute Gasteiger partial charge is 0.326 e. The van der Waals surface area contributed by atoms with E-state index in [0.717, 1.165) is 6.42 Å². The van der Waals surface area contributed by atoms with Crippen LogP contribution in [0.25, 0.3) is 0 Å². The molecule has 0 bridgehead atoms. The monoisotopic (exact) mass is 420 g/mol. The van der Waals surface area contributed by atoms with Crippen molar-refractivity contribution in [1.82, 2.24) is 30.6 Å². The van der Waals surface area contributed by atoms with E-state index in [0.29, 0.717) is 30.8 Å². The zero-order valence-corrected chi connectivity index (χ0v) is 16.5. The Bertz CT molecular complexity index is 793. The first-order chi connectivity index (χ1) is 14.4. The maximum atomic E-state index is 12.8. The number of unbranched alkanes of at least 4 members (excludes halogenated alkanes) is 1. The minimum Gasteiger partial charge on any atom is -0.480 e. The summed E-state index contributed by atoms with van der Waals surface area (Å²) in [4.78, 5) is 50.3. The molecule has 3 atom stereocenters. The van der Waals surface area contributed by atoms with Crippen LogP contribution in [0.3, 0.4) is 0 Å². The number of aliphatic carboxylic acids is 1. The number of nitrogens with one attached hydrogen (secondary N) is 4. The number of amides is 2. The van der Waals surface area contributed by atoms with Gasteiger partial charge in [0.05, 0.1) is 18.7 Å². The minimum atomic E-state index is -1.21. The third-order valence-electron chi connectivity index (χ3n) is 4.51. The first-order valence-electron chi connectivity index (χ1n) is 9.64. The summed E-state index contributed by atoms with van der Waals surface area (Å²) in [7, 11) is 0. The molecule has 164 valence electrons. The van der Waals surface area contributed by atoms with Crippen molar-refractivity contribution in [3.63, 3.8) is 0 Å². The molecule has 0 radical (unpaired) electrons. The summed E-state index contributed by atoms with van der Waals surface area (Å²) in [5, 5.41) is 14.6. The highest BCUT2D eigenvalue weighted by atomic mass is 16.4. The van der Waals surface area contributed by atoms with Gasteiger partial charge in [-0.25, -0.2) is 14.8 Å². The van der Waals surface area contributed by atoms with Crippen molar-refractivity contribution in [2.45, 2.75) is 50.2 Å². The number of nitrogens with two attached hydrogens (primary N) is 2. The molecule has 2 aromatic heterocycles. The second-order valence-corrected chi connectivity index (χ2v) is 6.91. The number of nitrogens with zero attached hydrogens (tertiary/aromatic N) is 2. The number of rotatable bonds is 13. The molecule has 0 saturated heterocycles. The SMILES string of the molecule is NCCCC[C@H](N)C(=O)N[C@@H](Cc1cnc[nH]1)C(=O)N[C@@H](Cc1cnc[nH]1)C(=O)O. The Labute approximate surface area is 173 Å². The topological polar surface area (TPSA) is 205 Å². The van der Waals surface area contributed by atoms with E-state index in [1.54, 1.807) is 0 Å². The van der Waals surface area contributed by atoms with E-state index in [2.05, 4.69) is 30.6 Å². The zero-order valence-electron chi connectivity index (χ0n) is 16.5. The van der Waals surface area contributed by atoms with E-state index in [1.165, 1.54) is 25.0 Å². The molecule has 0 spiro atoms. The summed E-state index contributed by atoms with van der Waals surface area (Å²) in [6.45, 7) is 0.506. The minimum absolute atomic E-state index is 0.0183. The van der Waals surface area contributed by atoms with E-state index in [9.17, 15) is 19.5 Å². The van der Waals surface area contributed by atoms with Gasteiger partial charge in [-0.05, 0) is 19.4 Å². The van der Waals surface area contributed by atoms with Gasteiger partial charge in [-0.2, -0.15) is 0 Å². The second-order valence-electron chi connectivity index (χ2n) is 6.91. The van der Waals surface area contributed by atoms with Crippen molar-refractivity contribution in [2.75, 3.05) is 6.54 Å². The average molecular weight is 420 g/mol. The van der Waals surface area contributed by atoms with Gasteiger partial charge in [-0.15, -0.1) is 0 Å². The predicted octanol–water partition coefficient (Wildman–Crippen LogP) is -1.57. The maximum Gasteiger partial charge on any atom is 0.326 e. The fraction of sp³-hybridized carbons (Fsp3) is 0.500.